The van der Waals surface area contributed by atoms with Crippen LogP contribution in [0.15, 0.2) is 42.5 Å². The van der Waals surface area contributed by atoms with Gasteiger partial charge in [-0.25, -0.2) is 4.79 Å². The summed E-state index contributed by atoms with van der Waals surface area (Å²) in [4.78, 5) is 19.4. The van der Waals surface area contributed by atoms with E-state index in [1.807, 2.05) is 6.07 Å². The van der Waals surface area contributed by atoms with E-state index in [-0.39, 0.29) is 29.4 Å². The quantitative estimate of drug-likeness (QED) is 0.107. The summed E-state index contributed by atoms with van der Waals surface area (Å²) in [5.41, 5.74) is 0.703. The number of allylic oxidation sites excluding steroid dienone is 1. The van der Waals surface area contributed by atoms with E-state index in [0.29, 0.717) is 6.54 Å². The zero-order valence-corrected chi connectivity index (χ0v) is 28.8. The highest BCUT2D eigenvalue weighted by molar-refractivity contribution is 5.67. The fourth-order valence-electron chi connectivity index (χ4n) is 6.78. The van der Waals surface area contributed by atoms with Gasteiger partial charge in [-0.1, -0.05) is 140 Å². The fraction of sp³-hybridized carbons (Fsp3) is 0.763. The average Bonchev–Trinajstić information content (AvgIpc) is 3.00. The van der Waals surface area contributed by atoms with Gasteiger partial charge in [-0.2, -0.15) is 5.06 Å². The molecule has 1 saturated heterocycles. The number of nitrogens with one attached hydrogen (secondary N) is 1. The lowest BCUT2D eigenvalue weighted by molar-refractivity contribution is -0.322. The zero-order valence-electron chi connectivity index (χ0n) is 28.8. The molecule has 0 radical (unpaired) electrons. The number of hydrogen-bond donors (Lipinski definition) is 1. The summed E-state index contributed by atoms with van der Waals surface area (Å²) >= 11 is 0. The van der Waals surface area contributed by atoms with Crippen LogP contribution in [0.1, 0.15) is 169 Å². The summed E-state index contributed by atoms with van der Waals surface area (Å²) in [5.74, 6) is 0. The third-order valence-corrected chi connectivity index (χ3v) is 9.44. The SMILES string of the molecule is CCCCCCCCCCCCCCC/C=C/CNC(=O)OC1CC(C)(C)N(OC(C)c2ccccc2)C(CC)(CC)C1. The van der Waals surface area contributed by atoms with Crippen molar-refractivity contribution in [3.63, 3.8) is 0 Å². The van der Waals surface area contributed by atoms with E-state index in [9.17, 15) is 4.79 Å². The van der Waals surface area contributed by atoms with E-state index in [1.165, 1.54) is 89.0 Å². The number of piperidine rings is 1. The van der Waals surface area contributed by atoms with Gasteiger partial charge in [-0.05, 0) is 52.0 Å². The minimum absolute atomic E-state index is 0.0507. The molecule has 1 aromatic rings. The van der Waals surface area contributed by atoms with Gasteiger partial charge < -0.3 is 10.1 Å². The number of carbonyl (C=O) groups is 1. The molecular formula is C38H66N2O3. The van der Waals surface area contributed by atoms with Crippen LogP contribution in [0.5, 0.6) is 0 Å². The van der Waals surface area contributed by atoms with Crippen LogP contribution in [0.4, 0.5) is 4.79 Å². The van der Waals surface area contributed by atoms with Crippen molar-refractivity contribution in [3.05, 3.63) is 48.0 Å². The summed E-state index contributed by atoms with van der Waals surface area (Å²) < 4.78 is 5.99. The molecule has 2 rings (SSSR count). The monoisotopic (exact) mass is 599 g/mol. The third kappa shape index (κ3) is 13.8. The second-order valence-corrected chi connectivity index (χ2v) is 13.5. The molecule has 5 heteroatoms. The first-order valence-corrected chi connectivity index (χ1v) is 17.9. The lowest BCUT2D eigenvalue weighted by atomic mass is 9.75. The van der Waals surface area contributed by atoms with Crippen LogP contribution < -0.4 is 5.32 Å². The van der Waals surface area contributed by atoms with Gasteiger partial charge in [0.15, 0.2) is 0 Å². The Labute approximate surface area is 265 Å². The number of carbonyl (C=O) groups excluding carboxylic acids is 1. The number of unbranched alkanes of at least 4 members (excludes halogenated alkanes) is 13. The van der Waals surface area contributed by atoms with Gasteiger partial charge in [-0.15, -0.1) is 0 Å². The smallest absolute Gasteiger partial charge is 0.407 e. The van der Waals surface area contributed by atoms with Gasteiger partial charge in [0, 0.05) is 30.5 Å². The maximum Gasteiger partial charge on any atom is 0.407 e. The predicted octanol–water partition coefficient (Wildman–Crippen LogP) is 11.2. The molecule has 1 amide bonds. The molecule has 0 aliphatic carbocycles. The van der Waals surface area contributed by atoms with Gasteiger partial charge in [-0.3, -0.25) is 4.84 Å². The van der Waals surface area contributed by atoms with Gasteiger partial charge in [0.05, 0.1) is 0 Å². The van der Waals surface area contributed by atoms with Crippen LogP contribution in [0, 0.1) is 0 Å². The molecule has 0 saturated carbocycles. The first kappa shape index (κ1) is 37.3. The van der Waals surface area contributed by atoms with Crippen LogP contribution in [-0.4, -0.2) is 34.9 Å². The number of amides is 1. The number of alkyl carbamates (subject to hydrolysis) is 1. The number of rotatable bonds is 22. The van der Waals surface area contributed by atoms with Crippen molar-refractivity contribution in [3.8, 4) is 0 Å². The van der Waals surface area contributed by atoms with Crippen LogP contribution >= 0.6 is 0 Å². The van der Waals surface area contributed by atoms with Gasteiger partial charge >= 0.3 is 6.09 Å². The van der Waals surface area contributed by atoms with Crippen molar-refractivity contribution >= 4 is 6.09 Å². The molecule has 2 atom stereocenters. The van der Waals surface area contributed by atoms with E-state index in [4.69, 9.17) is 9.57 Å². The second kappa shape index (κ2) is 21.0. The molecule has 5 nitrogen and oxygen atoms in total. The van der Waals surface area contributed by atoms with Crippen LogP contribution in [-0.2, 0) is 9.57 Å². The van der Waals surface area contributed by atoms with E-state index < -0.39 is 0 Å². The molecule has 1 N–H and O–H groups in total. The molecule has 2 unspecified atom stereocenters. The summed E-state index contributed by atoms with van der Waals surface area (Å²) in [7, 11) is 0. The maximum atomic E-state index is 12.7. The molecule has 1 heterocycles. The van der Waals surface area contributed by atoms with E-state index in [1.54, 1.807) is 0 Å². The molecule has 43 heavy (non-hydrogen) atoms. The average molecular weight is 599 g/mol. The highest BCUT2D eigenvalue weighted by Gasteiger charge is 2.51. The fourth-order valence-corrected chi connectivity index (χ4v) is 6.78. The Morgan fingerprint density at radius 3 is 1.98 bits per heavy atom. The van der Waals surface area contributed by atoms with Gasteiger partial charge in [0.1, 0.15) is 12.2 Å². The second-order valence-electron chi connectivity index (χ2n) is 13.5. The van der Waals surface area contributed by atoms with Crippen molar-refractivity contribution in [1.29, 1.82) is 0 Å². The van der Waals surface area contributed by atoms with Crippen molar-refractivity contribution < 1.29 is 14.4 Å². The van der Waals surface area contributed by atoms with Crippen molar-refractivity contribution in [1.82, 2.24) is 10.4 Å². The third-order valence-electron chi connectivity index (χ3n) is 9.44. The van der Waals surface area contributed by atoms with E-state index >= 15 is 0 Å². The Hall–Kier alpha value is -1.85. The van der Waals surface area contributed by atoms with Crippen LogP contribution in [0.2, 0.25) is 0 Å². The molecule has 0 aromatic heterocycles. The molecule has 1 aliphatic rings. The molecular weight excluding hydrogens is 532 g/mol. The van der Waals surface area contributed by atoms with Gasteiger partial charge in [0.2, 0.25) is 0 Å². The van der Waals surface area contributed by atoms with Crippen LogP contribution in [0.3, 0.4) is 0 Å². The van der Waals surface area contributed by atoms with Crippen LogP contribution in [0.25, 0.3) is 0 Å². The molecule has 1 fully saturated rings. The summed E-state index contributed by atoms with van der Waals surface area (Å²) in [6.07, 6.45) is 26.1. The topological polar surface area (TPSA) is 50.8 Å². The molecule has 0 spiro atoms. The summed E-state index contributed by atoms with van der Waals surface area (Å²) in [6.45, 7) is 13.8. The van der Waals surface area contributed by atoms with E-state index in [2.05, 4.69) is 88.3 Å². The first-order chi connectivity index (χ1) is 20.8. The van der Waals surface area contributed by atoms with Gasteiger partial charge in [0.25, 0.3) is 0 Å². The lowest BCUT2D eigenvalue weighted by Crippen LogP contribution is -2.64. The number of benzene rings is 1. The first-order valence-electron chi connectivity index (χ1n) is 17.9. The lowest BCUT2D eigenvalue weighted by Gasteiger charge is -2.56. The highest BCUT2D eigenvalue weighted by atomic mass is 16.7. The molecule has 1 aromatic carbocycles. The molecule has 1 aliphatic heterocycles. The normalized spacial score (nSPS) is 19.0. The minimum Gasteiger partial charge on any atom is -0.446 e. The predicted molar refractivity (Wildman–Crippen MR) is 182 cm³/mol. The summed E-state index contributed by atoms with van der Waals surface area (Å²) in [5, 5.41) is 5.17. The summed E-state index contributed by atoms with van der Waals surface area (Å²) in [6, 6.07) is 10.4. The standard InChI is InChI=1S/C38H66N2O3/c1-7-10-11-12-13-14-15-16-17-18-19-20-21-22-23-27-30-39-36(41)42-35-31-37(5,6)40(38(8-2,9-3)32-35)43-33(4)34-28-25-24-26-29-34/h23-29,33,35H,7-22,30-32H2,1-6H3,(H,39,41)/b27-23+. The minimum atomic E-state index is -0.320. The maximum absolute atomic E-state index is 12.7. The molecule has 246 valence electrons. The Balaban J connectivity index is 1.63. The number of hydroxylamine groups is 2. The van der Waals surface area contributed by atoms with Crippen molar-refractivity contribution in [2.24, 2.45) is 0 Å². The number of hydrogen-bond acceptors (Lipinski definition) is 4. The number of nitrogens with zero attached hydrogens (tertiary/aromatic N) is 1. The van der Waals surface area contributed by atoms with Crippen molar-refractivity contribution in [2.45, 2.75) is 180 Å². The number of ether oxygens (including phenoxy) is 1. The molecule has 0 bridgehead atoms. The van der Waals surface area contributed by atoms with Crippen molar-refractivity contribution in [2.75, 3.05) is 6.54 Å². The highest BCUT2D eigenvalue weighted by Crippen LogP contribution is 2.45. The Bertz CT molecular complexity index is 880. The Morgan fingerprint density at radius 2 is 1.42 bits per heavy atom. The largest absolute Gasteiger partial charge is 0.446 e. The zero-order chi connectivity index (χ0) is 31.4. The Morgan fingerprint density at radius 1 is 0.860 bits per heavy atom. The van der Waals surface area contributed by atoms with E-state index in [0.717, 1.165) is 32.1 Å². The Kier molecular flexibility index (Phi) is 18.2.